The largest absolute Gasteiger partial charge is 0.506 e. The van der Waals surface area contributed by atoms with E-state index in [2.05, 4.69) is 14.8 Å². The lowest BCUT2D eigenvalue weighted by atomic mass is 9.86. The number of nitrogens with zero attached hydrogens (tertiary/aromatic N) is 4. The standard InChI is InChI=1S/C25H34N4O3/c1-32-21-11-9-20(10-12-21)25(31)29(24-8-4-5-13-26-24)19-16-27-14-17-28(18-15-27)22-6-2-3-7-23(22)30/h2-8,13,20-21,30H,9-12,14-19H2,1H3. The summed E-state index contributed by atoms with van der Waals surface area (Å²) in [6, 6.07) is 13.2. The predicted molar refractivity (Wildman–Crippen MR) is 126 cm³/mol. The van der Waals surface area contributed by atoms with E-state index in [9.17, 15) is 9.90 Å². The molecule has 0 radical (unpaired) electrons. The van der Waals surface area contributed by atoms with Crippen LogP contribution in [0.25, 0.3) is 0 Å². The summed E-state index contributed by atoms with van der Waals surface area (Å²) in [6.45, 7) is 4.96. The van der Waals surface area contributed by atoms with Crippen molar-refractivity contribution in [1.82, 2.24) is 9.88 Å². The van der Waals surface area contributed by atoms with Crippen molar-refractivity contribution in [3.63, 3.8) is 0 Å². The van der Waals surface area contributed by atoms with E-state index >= 15 is 0 Å². The molecule has 1 amide bonds. The maximum absolute atomic E-state index is 13.4. The van der Waals surface area contributed by atoms with Crippen LogP contribution in [0.1, 0.15) is 25.7 Å². The van der Waals surface area contributed by atoms with Gasteiger partial charge in [0.2, 0.25) is 5.91 Å². The number of phenolic OH excluding ortho intramolecular Hbond substituents is 1. The fraction of sp³-hybridized carbons (Fsp3) is 0.520. The van der Waals surface area contributed by atoms with Crippen LogP contribution in [-0.2, 0) is 9.53 Å². The van der Waals surface area contributed by atoms with Crippen LogP contribution in [-0.4, -0.2) is 73.4 Å². The SMILES string of the molecule is COC1CCC(C(=O)N(CCN2CCN(c3ccccc3O)CC2)c2ccccn2)CC1. The summed E-state index contributed by atoms with van der Waals surface area (Å²) >= 11 is 0. The first-order valence-electron chi connectivity index (χ1n) is 11.7. The number of ether oxygens (including phenoxy) is 1. The molecule has 172 valence electrons. The van der Waals surface area contributed by atoms with E-state index in [0.29, 0.717) is 12.3 Å². The Bertz CT molecular complexity index is 863. The maximum atomic E-state index is 13.4. The van der Waals surface area contributed by atoms with Crippen LogP contribution in [0, 0.1) is 5.92 Å². The summed E-state index contributed by atoms with van der Waals surface area (Å²) in [5.41, 5.74) is 0.893. The highest BCUT2D eigenvalue weighted by atomic mass is 16.5. The van der Waals surface area contributed by atoms with Crippen LogP contribution in [0.15, 0.2) is 48.7 Å². The number of aromatic nitrogens is 1. The molecular formula is C25H34N4O3. The molecule has 7 nitrogen and oxygen atoms in total. The second-order valence-electron chi connectivity index (χ2n) is 8.70. The lowest BCUT2D eigenvalue weighted by molar-refractivity contribution is -0.124. The van der Waals surface area contributed by atoms with E-state index in [4.69, 9.17) is 4.74 Å². The molecule has 1 N–H and O–H groups in total. The molecule has 2 aromatic rings. The number of carbonyl (C=O) groups excluding carboxylic acids is 1. The van der Waals surface area contributed by atoms with Crippen LogP contribution in [0.5, 0.6) is 5.75 Å². The van der Waals surface area contributed by atoms with Gasteiger partial charge in [-0.3, -0.25) is 14.6 Å². The number of phenols is 1. The van der Waals surface area contributed by atoms with E-state index in [1.54, 1.807) is 19.4 Å². The smallest absolute Gasteiger partial charge is 0.231 e. The highest BCUT2D eigenvalue weighted by Crippen LogP contribution is 2.29. The van der Waals surface area contributed by atoms with Gasteiger partial charge in [0, 0.05) is 58.5 Å². The lowest BCUT2D eigenvalue weighted by Gasteiger charge is -2.37. The fourth-order valence-electron chi connectivity index (χ4n) is 4.80. The molecule has 7 heteroatoms. The van der Waals surface area contributed by atoms with Crippen LogP contribution >= 0.6 is 0 Å². The number of hydrogen-bond donors (Lipinski definition) is 1. The fourth-order valence-corrected chi connectivity index (χ4v) is 4.80. The Morgan fingerprint density at radius 2 is 1.78 bits per heavy atom. The maximum Gasteiger partial charge on any atom is 0.231 e. The number of rotatable bonds is 7. The van der Waals surface area contributed by atoms with Gasteiger partial charge >= 0.3 is 0 Å². The molecule has 0 atom stereocenters. The number of methoxy groups -OCH3 is 1. The minimum absolute atomic E-state index is 0.0429. The molecule has 0 spiro atoms. The molecule has 0 bridgehead atoms. The molecule has 1 saturated carbocycles. The van der Waals surface area contributed by atoms with E-state index < -0.39 is 0 Å². The second kappa shape index (κ2) is 10.8. The third kappa shape index (κ3) is 5.40. The zero-order valence-electron chi connectivity index (χ0n) is 18.9. The molecule has 0 unspecified atom stereocenters. The number of para-hydroxylation sites is 2. The van der Waals surface area contributed by atoms with Crippen LogP contribution in [0.4, 0.5) is 11.5 Å². The van der Waals surface area contributed by atoms with Crippen molar-refractivity contribution in [3.05, 3.63) is 48.7 Å². The van der Waals surface area contributed by atoms with E-state index in [1.165, 1.54) is 0 Å². The highest BCUT2D eigenvalue weighted by molar-refractivity contribution is 5.94. The molecule has 32 heavy (non-hydrogen) atoms. The molecule has 2 fully saturated rings. The summed E-state index contributed by atoms with van der Waals surface area (Å²) in [6.07, 6.45) is 5.67. The topological polar surface area (TPSA) is 69.1 Å². The van der Waals surface area contributed by atoms with Gasteiger partial charge in [-0.25, -0.2) is 4.98 Å². The number of amides is 1. The monoisotopic (exact) mass is 438 g/mol. The van der Waals surface area contributed by atoms with Crippen molar-refractivity contribution in [2.24, 2.45) is 5.92 Å². The van der Waals surface area contributed by atoms with Crippen LogP contribution < -0.4 is 9.80 Å². The van der Waals surface area contributed by atoms with E-state index in [-0.39, 0.29) is 17.9 Å². The average Bonchev–Trinajstić information content (AvgIpc) is 2.85. The lowest BCUT2D eigenvalue weighted by Crippen LogP contribution is -2.50. The second-order valence-corrected chi connectivity index (χ2v) is 8.70. The quantitative estimate of drug-likeness (QED) is 0.716. The summed E-state index contributed by atoms with van der Waals surface area (Å²) in [4.78, 5) is 24.4. The minimum Gasteiger partial charge on any atom is -0.506 e. The van der Waals surface area contributed by atoms with Crippen molar-refractivity contribution < 1.29 is 14.6 Å². The Morgan fingerprint density at radius 3 is 2.44 bits per heavy atom. The van der Waals surface area contributed by atoms with Crippen molar-refractivity contribution in [3.8, 4) is 5.75 Å². The zero-order chi connectivity index (χ0) is 22.3. The third-order valence-electron chi connectivity index (χ3n) is 6.78. The molecule has 1 saturated heterocycles. The zero-order valence-corrected chi connectivity index (χ0v) is 18.9. The molecule has 1 aliphatic carbocycles. The molecule has 2 aliphatic rings. The molecule has 2 heterocycles. The molecule has 4 rings (SSSR count). The average molecular weight is 439 g/mol. The number of benzene rings is 1. The Hall–Kier alpha value is -2.64. The van der Waals surface area contributed by atoms with Crippen LogP contribution in [0.2, 0.25) is 0 Å². The number of aromatic hydroxyl groups is 1. The Balaban J connectivity index is 1.35. The van der Waals surface area contributed by atoms with Gasteiger partial charge < -0.3 is 14.7 Å². The number of piperazine rings is 1. The molecular weight excluding hydrogens is 404 g/mol. The van der Waals surface area contributed by atoms with Crippen molar-refractivity contribution in [2.45, 2.75) is 31.8 Å². The summed E-state index contributed by atoms with van der Waals surface area (Å²) in [7, 11) is 1.76. The number of anilines is 2. The first kappa shape index (κ1) is 22.6. The van der Waals surface area contributed by atoms with Gasteiger partial charge in [-0.2, -0.15) is 0 Å². The molecule has 1 aromatic carbocycles. The van der Waals surface area contributed by atoms with Crippen molar-refractivity contribution in [1.29, 1.82) is 0 Å². The number of pyridine rings is 1. The third-order valence-corrected chi connectivity index (χ3v) is 6.78. The summed E-state index contributed by atoms with van der Waals surface area (Å²) in [5, 5.41) is 10.1. The van der Waals surface area contributed by atoms with Gasteiger partial charge in [0.1, 0.15) is 11.6 Å². The Morgan fingerprint density at radius 1 is 1.06 bits per heavy atom. The number of hydrogen-bond acceptors (Lipinski definition) is 6. The van der Waals surface area contributed by atoms with Gasteiger partial charge in [-0.15, -0.1) is 0 Å². The number of carbonyl (C=O) groups is 1. The predicted octanol–water partition coefficient (Wildman–Crippen LogP) is 3.15. The molecule has 1 aliphatic heterocycles. The van der Waals surface area contributed by atoms with E-state index in [0.717, 1.165) is 69.9 Å². The minimum atomic E-state index is 0.0429. The van der Waals surface area contributed by atoms with Gasteiger partial charge in [-0.05, 0) is 49.9 Å². The Labute approximate surface area is 190 Å². The summed E-state index contributed by atoms with van der Waals surface area (Å²) in [5.74, 6) is 1.29. The van der Waals surface area contributed by atoms with Crippen molar-refractivity contribution in [2.75, 3.05) is 56.2 Å². The van der Waals surface area contributed by atoms with Gasteiger partial charge in [0.15, 0.2) is 0 Å². The first-order chi connectivity index (χ1) is 15.7. The van der Waals surface area contributed by atoms with Gasteiger partial charge in [0.05, 0.1) is 11.8 Å². The molecule has 1 aromatic heterocycles. The summed E-state index contributed by atoms with van der Waals surface area (Å²) < 4.78 is 5.48. The van der Waals surface area contributed by atoms with E-state index in [1.807, 2.05) is 41.3 Å². The normalized spacial score (nSPS) is 22.0. The van der Waals surface area contributed by atoms with Gasteiger partial charge in [0.25, 0.3) is 0 Å². The highest BCUT2D eigenvalue weighted by Gasteiger charge is 2.31. The first-order valence-corrected chi connectivity index (χ1v) is 11.7. The van der Waals surface area contributed by atoms with Crippen LogP contribution in [0.3, 0.4) is 0 Å². The Kier molecular flexibility index (Phi) is 7.60. The van der Waals surface area contributed by atoms with Crippen molar-refractivity contribution >= 4 is 17.4 Å². The van der Waals surface area contributed by atoms with Gasteiger partial charge in [-0.1, -0.05) is 18.2 Å².